The van der Waals surface area contributed by atoms with Gasteiger partial charge >= 0.3 is 0 Å². The lowest BCUT2D eigenvalue weighted by molar-refractivity contribution is -0.121. The van der Waals surface area contributed by atoms with E-state index in [0.717, 1.165) is 17.1 Å². The highest BCUT2D eigenvalue weighted by Gasteiger charge is 2.27. The van der Waals surface area contributed by atoms with Crippen LogP contribution in [0.5, 0.6) is 0 Å². The van der Waals surface area contributed by atoms with Gasteiger partial charge in [-0.2, -0.15) is 5.10 Å². The summed E-state index contributed by atoms with van der Waals surface area (Å²) in [5.41, 5.74) is 2.10. The predicted octanol–water partition coefficient (Wildman–Crippen LogP) is 1.50. The van der Waals surface area contributed by atoms with Crippen molar-refractivity contribution in [1.82, 2.24) is 19.4 Å². The number of carbonyl (C=O) groups excluding carboxylic acids is 1. The van der Waals surface area contributed by atoms with Gasteiger partial charge in [0.15, 0.2) is 0 Å². The molecule has 1 N–H and O–H groups in total. The molecule has 1 aromatic carbocycles. The number of nitrogens with zero attached hydrogens (tertiary/aromatic N) is 3. The highest BCUT2D eigenvalue weighted by molar-refractivity contribution is 7.89. The molecule has 0 bridgehead atoms. The largest absolute Gasteiger partial charge is 0.354 e. The Labute approximate surface area is 155 Å². The van der Waals surface area contributed by atoms with Crippen LogP contribution < -0.4 is 5.32 Å². The molecule has 0 radical (unpaired) electrons. The van der Waals surface area contributed by atoms with Gasteiger partial charge in [0.05, 0.1) is 11.4 Å². The molecule has 1 heterocycles. The molecule has 0 atom stereocenters. The Morgan fingerprint density at radius 1 is 1.19 bits per heavy atom. The van der Waals surface area contributed by atoms with Gasteiger partial charge in [-0.1, -0.05) is 30.3 Å². The molecule has 7 nitrogen and oxygen atoms in total. The van der Waals surface area contributed by atoms with E-state index in [2.05, 4.69) is 22.5 Å². The summed E-state index contributed by atoms with van der Waals surface area (Å²) in [6, 6.07) is 10.1. The molecule has 1 amide bonds. The molecule has 26 heavy (non-hydrogen) atoms. The van der Waals surface area contributed by atoms with Gasteiger partial charge in [-0.15, -0.1) is 0 Å². The van der Waals surface area contributed by atoms with Crippen LogP contribution in [0.4, 0.5) is 0 Å². The molecule has 0 aliphatic carbocycles. The number of sulfonamides is 1. The van der Waals surface area contributed by atoms with Crippen LogP contribution in [-0.2, 0) is 27.8 Å². The summed E-state index contributed by atoms with van der Waals surface area (Å²) in [6.07, 6.45) is 1.74. The molecule has 0 unspecified atom stereocenters. The van der Waals surface area contributed by atoms with E-state index in [-0.39, 0.29) is 17.3 Å². The van der Waals surface area contributed by atoms with Crippen LogP contribution in [0.15, 0.2) is 35.2 Å². The van der Waals surface area contributed by atoms with Crippen molar-refractivity contribution in [1.29, 1.82) is 0 Å². The molecular weight excluding hydrogens is 352 g/mol. The van der Waals surface area contributed by atoms with Crippen LogP contribution >= 0.6 is 0 Å². The van der Waals surface area contributed by atoms with Gasteiger partial charge in [-0.05, 0) is 32.3 Å². The zero-order valence-corrected chi connectivity index (χ0v) is 16.5. The molecule has 0 aliphatic heterocycles. The van der Waals surface area contributed by atoms with E-state index in [1.165, 1.54) is 24.3 Å². The van der Waals surface area contributed by atoms with Gasteiger partial charge in [0.25, 0.3) is 0 Å². The zero-order chi connectivity index (χ0) is 19.3. The Balaban J connectivity index is 1.93. The molecule has 0 aliphatic rings. The van der Waals surface area contributed by atoms with E-state index in [4.69, 9.17) is 0 Å². The van der Waals surface area contributed by atoms with E-state index >= 15 is 0 Å². The van der Waals surface area contributed by atoms with Gasteiger partial charge < -0.3 is 5.32 Å². The molecule has 8 heteroatoms. The number of benzene rings is 1. The maximum absolute atomic E-state index is 12.4. The molecule has 0 fully saturated rings. The first-order valence-corrected chi connectivity index (χ1v) is 9.94. The van der Waals surface area contributed by atoms with Gasteiger partial charge in [0, 0.05) is 20.6 Å². The van der Waals surface area contributed by atoms with Crippen molar-refractivity contribution in [3.8, 4) is 0 Å². The van der Waals surface area contributed by atoms with Crippen LogP contribution in [0.2, 0.25) is 0 Å². The van der Waals surface area contributed by atoms with Crippen molar-refractivity contribution >= 4 is 15.9 Å². The van der Waals surface area contributed by atoms with Crippen molar-refractivity contribution in [2.24, 2.45) is 0 Å². The SMILES string of the molecule is Cc1nn(CC(=O)NCCCc2ccccc2)c(C)c1S(=O)(=O)N(C)C. The van der Waals surface area contributed by atoms with E-state index in [0.29, 0.717) is 17.9 Å². The van der Waals surface area contributed by atoms with Crippen molar-refractivity contribution in [3.63, 3.8) is 0 Å². The molecule has 2 aromatic rings. The highest BCUT2D eigenvalue weighted by atomic mass is 32.2. The maximum atomic E-state index is 12.4. The summed E-state index contributed by atoms with van der Waals surface area (Å²) in [4.78, 5) is 12.3. The minimum atomic E-state index is -3.59. The zero-order valence-electron chi connectivity index (χ0n) is 15.7. The summed E-state index contributed by atoms with van der Waals surface area (Å²) in [6.45, 7) is 3.87. The maximum Gasteiger partial charge on any atom is 0.246 e. The van der Waals surface area contributed by atoms with Gasteiger partial charge in [-0.3, -0.25) is 9.48 Å². The Bertz CT molecular complexity index is 858. The summed E-state index contributed by atoms with van der Waals surface area (Å²) in [7, 11) is -0.632. The minimum absolute atomic E-state index is 0.000951. The van der Waals surface area contributed by atoms with Crippen molar-refractivity contribution in [2.75, 3.05) is 20.6 Å². The Morgan fingerprint density at radius 2 is 1.85 bits per heavy atom. The van der Waals surface area contributed by atoms with E-state index in [1.807, 2.05) is 18.2 Å². The van der Waals surface area contributed by atoms with Crippen LogP contribution in [0.1, 0.15) is 23.4 Å². The predicted molar refractivity (Wildman–Crippen MR) is 100 cm³/mol. The lowest BCUT2D eigenvalue weighted by Gasteiger charge is -2.12. The Morgan fingerprint density at radius 3 is 2.46 bits per heavy atom. The highest BCUT2D eigenvalue weighted by Crippen LogP contribution is 2.21. The third-order valence-corrected chi connectivity index (χ3v) is 6.22. The summed E-state index contributed by atoms with van der Waals surface area (Å²) < 4.78 is 27.4. The summed E-state index contributed by atoms with van der Waals surface area (Å²) in [5.74, 6) is -0.183. The first-order chi connectivity index (χ1) is 12.2. The number of amides is 1. The summed E-state index contributed by atoms with van der Waals surface area (Å²) >= 11 is 0. The van der Waals surface area contributed by atoms with E-state index < -0.39 is 10.0 Å². The Hall–Kier alpha value is -2.19. The average Bonchev–Trinajstić information content (AvgIpc) is 2.86. The quantitative estimate of drug-likeness (QED) is 0.706. The lowest BCUT2D eigenvalue weighted by atomic mass is 10.1. The third kappa shape index (κ3) is 4.70. The smallest absolute Gasteiger partial charge is 0.246 e. The van der Waals surface area contributed by atoms with Crippen LogP contribution in [0.25, 0.3) is 0 Å². The summed E-state index contributed by atoms with van der Waals surface area (Å²) in [5, 5.41) is 7.08. The fourth-order valence-electron chi connectivity index (χ4n) is 2.75. The molecule has 2 rings (SSSR count). The Kier molecular flexibility index (Phi) is 6.55. The first-order valence-electron chi connectivity index (χ1n) is 8.50. The van der Waals surface area contributed by atoms with Crippen molar-refractivity contribution in [2.45, 2.75) is 38.1 Å². The molecule has 142 valence electrons. The number of aryl methyl sites for hydroxylation is 2. The molecular formula is C18H26N4O3S. The number of hydrogen-bond donors (Lipinski definition) is 1. The van der Waals surface area contributed by atoms with Crippen LogP contribution in [0, 0.1) is 13.8 Å². The number of nitrogens with one attached hydrogen (secondary N) is 1. The standard InChI is InChI=1S/C18H26N4O3S/c1-14-18(26(24,25)21(3)4)15(2)22(20-14)13-17(23)19-12-8-11-16-9-6-5-7-10-16/h5-7,9-10H,8,11-13H2,1-4H3,(H,19,23). The van der Waals surface area contributed by atoms with Crippen LogP contribution in [0.3, 0.4) is 0 Å². The second-order valence-electron chi connectivity index (χ2n) is 6.38. The lowest BCUT2D eigenvalue weighted by Crippen LogP contribution is -2.29. The molecule has 0 saturated carbocycles. The fourth-order valence-corrected chi connectivity index (χ4v) is 4.01. The minimum Gasteiger partial charge on any atom is -0.354 e. The molecule has 1 aromatic heterocycles. The van der Waals surface area contributed by atoms with Gasteiger partial charge in [-0.25, -0.2) is 12.7 Å². The van der Waals surface area contributed by atoms with E-state index in [1.54, 1.807) is 13.8 Å². The first kappa shape index (κ1) is 20.1. The normalized spacial score (nSPS) is 11.7. The molecule has 0 saturated heterocycles. The fraction of sp³-hybridized carbons (Fsp3) is 0.444. The third-order valence-electron chi connectivity index (χ3n) is 4.15. The topological polar surface area (TPSA) is 84.3 Å². The van der Waals surface area contributed by atoms with Crippen molar-refractivity contribution in [3.05, 3.63) is 47.3 Å². The number of hydrogen-bond acceptors (Lipinski definition) is 4. The number of rotatable bonds is 8. The molecule has 0 spiro atoms. The second-order valence-corrected chi connectivity index (χ2v) is 8.47. The second kappa shape index (κ2) is 8.46. The van der Waals surface area contributed by atoms with Gasteiger partial charge in [0.1, 0.15) is 11.4 Å². The van der Waals surface area contributed by atoms with Crippen molar-refractivity contribution < 1.29 is 13.2 Å². The number of carbonyl (C=O) groups is 1. The van der Waals surface area contributed by atoms with E-state index in [9.17, 15) is 13.2 Å². The van der Waals surface area contributed by atoms with Crippen LogP contribution in [-0.4, -0.2) is 49.1 Å². The number of aromatic nitrogens is 2. The monoisotopic (exact) mass is 378 g/mol. The average molecular weight is 378 g/mol. The van der Waals surface area contributed by atoms with Gasteiger partial charge in [0.2, 0.25) is 15.9 Å².